The predicted molar refractivity (Wildman–Crippen MR) is 74.9 cm³/mol. The summed E-state index contributed by atoms with van der Waals surface area (Å²) in [5.74, 6) is 5.12. The van der Waals surface area contributed by atoms with Gasteiger partial charge in [0.25, 0.3) is 5.97 Å². The molecule has 0 N–H and O–H groups in total. The highest BCUT2D eigenvalue weighted by atomic mass is 16.9. The van der Waals surface area contributed by atoms with E-state index in [2.05, 4.69) is 11.8 Å². The minimum atomic E-state index is -0.950. The standard InChI is InChI=1S/C15H26O5/c1-16-15(17-2,18-3)11-7-4-5-8-12-19-14-10-6-9-13-20-14/h14H,4,6-7,9-13H2,1-3H3. The Morgan fingerprint density at radius 2 is 1.85 bits per heavy atom. The van der Waals surface area contributed by atoms with E-state index in [0.29, 0.717) is 13.0 Å². The molecule has 5 heteroatoms. The van der Waals surface area contributed by atoms with Crippen LogP contribution in [0.4, 0.5) is 0 Å². The van der Waals surface area contributed by atoms with Gasteiger partial charge in [-0.05, 0) is 25.7 Å². The fraction of sp³-hybridized carbons (Fsp3) is 0.867. The quantitative estimate of drug-likeness (QED) is 0.389. The molecule has 0 spiro atoms. The van der Waals surface area contributed by atoms with Crippen LogP contribution in [0.25, 0.3) is 0 Å². The summed E-state index contributed by atoms with van der Waals surface area (Å²) in [4.78, 5) is 0. The molecule has 1 aliphatic rings. The van der Waals surface area contributed by atoms with Crippen LogP contribution in [0.3, 0.4) is 0 Å². The van der Waals surface area contributed by atoms with Gasteiger partial charge in [0.05, 0.1) is 0 Å². The first-order valence-corrected chi connectivity index (χ1v) is 7.10. The van der Waals surface area contributed by atoms with Gasteiger partial charge in [-0.1, -0.05) is 5.92 Å². The first-order chi connectivity index (χ1) is 9.76. The third-order valence-electron chi connectivity index (χ3n) is 3.32. The summed E-state index contributed by atoms with van der Waals surface area (Å²) >= 11 is 0. The van der Waals surface area contributed by atoms with Gasteiger partial charge < -0.3 is 23.7 Å². The van der Waals surface area contributed by atoms with Crippen molar-refractivity contribution in [2.75, 3.05) is 34.5 Å². The van der Waals surface area contributed by atoms with Crippen molar-refractivity contribution in [3.63, 3.8) is 0 Å². The Balaban J connectivity index is 2.10. The summed E-state index contributed by atoms with van der Waals surface area (Å²) < 4.78 is 26.6. The Morgan fingerprint density at radius 3 is 2.45 bits per heavy atom. The Labute approximate surface area is 121 Å². The van der Waals surface area contributed by atoms with E-state index in [-0.39, 0.29) is 6.29 Å². The zero-order valence-electron chi connectivity index (χ0n) is 12.8. The highest BCUT2D eigenvalue weighted by Gasteiger charge is 2.28. The summed E-state index contributed by atoms with van der Waals surface area (Å²) in [6, 6.07) is 0. The van der Waals surface area contributed by atoms with Crippen LogP contribution in [0.5, 0.6) is 0 Å². The van der Waals surface area contributed by atoms with Gasteiger partial charge in [-0.2, -0.15) is 0 Å². The summed E-state index contributed by atoms with van der Waals surface area (Å²) in [5, 5.41) is 0. The zero-order chi connectivity index (χ0) is 14.7. The van der Waals surface area contributed by atoms with E-state index in [1.165, 1.54) is 6.42 Å². The van der Waals surface area contributed by atoms with Gasteiger partial charge in [0.1, 0.15) is 6.61 Å². The topological polar surface area (TPSA) is 46.2 Å². The van der Waals surface area contributed by atoms with E-state index in [0.717, 1.165) is 32.3 Å². The van der Waals surface area contributed by atoms with Crippen LogP contribution in [-0.4, -0.2) is 46.8 Å². The van der Waals surface area contributed by atoms with Crippen molar-refractivity contribution in [1.82, 2.24) is 0 Å². The van der Waals surface area contributed by atoms with Crippen molar-refractivity contribution < 1.29 is 23.7 Å². The van der Waals surface area contributed by atoms with Crippen LogP contribution >= 0.6 is 0 Å². The molecule has 1 fully saturated rings. The molecule has 0 aromatic rings. The smallest absolute Gasteiger partial charge is 0.282 e. The van der Waals surface area contributed by atoms with Crippen molar-refractivity contribution in [3.8, 4) is 11.8 Å². The minimum Gasteiger partial charge on any atom is -0.353 e. The molecule has 0 aromatic heterocycles. The third kappa shape index (κ3) is 6.21. The van der Waals surface area contributed by atoms with Crippen LogP contribution in [0, 0.1) is 11.8 Å². The van der Waals surface area contributed by atoms with Crippen molar-refractivity contribution in [2.24, 2.45) is 0 Å². The lowest BCUT2D eigenvalue weighted by Gasteiger charge is -2.28. The third-order valence-corrected chi connectivity index (χ3v) is 3.32. The van der Waals surface area contributed by atoms with E-state index in [1.807, 2.05) is 0 Å². The summed E-state index contributed by atoms with van der Waals surface area (Å²) in [5.41, 5.74) is 0. The maximum absolute atomic E-state index is 5.52. The molecular weight excluding hydrogens is 260 g/mol. The van der Waals surface area contributed by atoms with E-state index in [4.69, 9.17) is 23.7 Å². The molecule has 20 heavy (non-hydrogen) atoms. The molecule has 0 radical (unpaired) electrons. The second-order valence-corrected chi connectivity index (χ2v) is 4.61. The van der Waals surface area contributed by atoms with Gasteiger partial charge in [-0.3, -0.25) is 0 Å². The normalized spacial score (nSPS) is 19.4. The summed E-state index contributed by atoms with van der Waals surface area (Å²) in [6.07, 6.45) is 5.44. The van der Waals surface area contributed by atoms with Crippen molar-refractivity contribution in [3.05, 3.63) is 0 Å². The van der Waals surface area contributed by atoms with E-state index >= 15 is 0 Å². The maximum atomic E-state index is 5.52. The van der Waals surface area contributed by atoms with Gasteiger partial charge in [-0.15, -0.1) is 5.92 Å². The van der Waals surface area contributed by atoms with Gasteiger partial charge in [0, 0.05) is 40.8 Å². The van der Waals surface area contributed by atoms with Crippen molar-refractivity contribution in [1.29, 1.82) is 0 Å². The molecule has 1 saturated heterocycles. The molecule has 0 aliphatic carbocycles. The Morgan fingerprint density at radius 1 is 1.10 bits per heavy atom. The molecule has 0 aromatic carbocycles. The van der Waals surface area contributed by atoms with E-state index in [9.17, 15) is 0 Å². The van der Waals surface area contributed by atoms with Gasteiger partial charge in [-0.25, -0.2) is 0 Å². The lowest BCUT2D eigenvalue weighted by molar-refractivity contribution is -0.355. The first-order valence-electron chi connectivity index (χ1n) is 7.10. The first kappa shape index (κ1) is 17.4. The average molecular weight is 286 g/mol. The molecule has 0 amide bonds. The van der Waals surface area contributed by atoms with Crippen LogP contribution in [0.2, 0.25) is 0 Å². The minimum absolute atomic E-state index is 0.0684. The number of methoxy groups -OCH3 is 3. The second kappa shape index (κ2) is 10.1. The van der Waals surface area contributed by atoms with Crippen molar-refractivity contribution >= 4 is 0 Å². The van der Waals surface area contributed by atoms with Gasteiger partial charge in [0.15, 0.2) is 6.29 Å². The largest absolute Gasteiger partial charge is 0.353 e. The average Bonchev–Trinajstić information content (AvgIpc) is 2.52. The number of hydrogen-bond acceptors (Lipinski definition) is 5. The molecular formula is C15H26O5. The fourth-order valence-corrected chi connectivity index (χ4v) is 2.07. The van der Waals surface area contributed by atoms with Crippen LogP contribution in [-0.2, 0) is 23.7 Å². The summed E-state index contributed by atoms with van der Waals surface area (Å²) in [7, 11) is 4.70. The lowest BCUT2D eigenvalue weighted by atomic mass is 10.2. The van der Waals surface area contributed by atoms with Gasteiger partial charge >= 0.3 is 0 Å². The Hall–Kier alpha value is -0.640. The van der Waals surface area contributed by atoms with Crippen molar-refractivity contribution in [2.45, 2.75) is 50.8 Å². The number of unbranched alkanes of at least 4 members (excludes halogenated alkanes) is 1. The van der Waals surface area contributed by atoms with Crippen LogP contribution in [0.1, 0.15) is 38.5 Å². The summed E-state index contributed by atoms with van der Waals surface area (Å²) in [6.45, 7) is 1.22. The molecule has 116 valence electrons. The molecule has 1 heterocycles. The number of hydrogen-bond donors (Lipinski definition) is 0. The molecule has 1 unspecified atom stereocenters. The van der Waals surface area contributed by atoms with E-state index < -0.39 is 5.97 Å². The maximum Gasteiger partial charge on any atom is 0.282 e. The van der Waals surface area contributed by atoms with E-state index in [1.54, 1.807) is 21.3 Å². The predicted octanol–water partition coefficient (Wildman–Crippen LogP) is 2.30. The zero-order valence-corrected chi connectivity index (χ0v) is 12.8. The lowest BCUT2D eigenvalue weighted by Crippen LogP contribution is -2.35. The van der Waals surface area contributed by atoms with Crippen LogP contribution in [0.15, 0.2) is 0 Å². The number of ether oxygens (including phenoxy) is 5. The monoisotopic (exact) mass is 286 g/mol. The van der Waals surface area contributed by atoms with Crippen LogP contribution < -0.4 is 0 Å². The highest BCUT2D eigenvalue weighted by Crippen LogP contribution is 2.19. The fourth-order valence-electron chi connectivity index (χ4n) is 2.07. The Bertz CT molecular complexity index is 289. The van der Waals surface area contributed by atoms with Gasteiger partial charge in [0.2, 0.25) is 0 Å². The number of rotatable bonds is 8. The highest BCUT2D eigenvalue weighted by molar-refractivity contribution is 4.99. The molecule has 5 nitrogen and oxygen atoms in total. The Kier molecular flexibility index (Phi) is 8.83. The molecule has 1 rings (SSSR count). The molecule has 1 aliphatic heterocycles. The molecule has 1 atom stereocenters. The second-order valence-electron chi connectivity index (χ2n) is 4.61. The molecule has 0 bridgehead atoms. The SMILES string of the molecule is COC(CCCC#CCOC1CCCCO1)(OC)OC. The molecule has 0 saturated carbocycles.